The summed E-state index contributed by atoms with van der Waals surface area (Å²) in [7, 11) is 2.17. The molecule has 5 heterocycles. The molecule has 1 saturated heterocycles. The fourth-order valence-electron chi connectivity index (χ4n) is 3.45. The molecule has 7 heteroatoms. The van der Waals surface area contributed by atoms with Crippen molar-refractivity contribution in [3.05, 3.63) is 43.1 Å². The SMILES string of the molecule is CN1CCN(c2cnc3[nH]cc(-c4ccn5ncnc5c4)c3c2)CC1. The molecule has 7 nitrogen and oxygen atoms in total. The van der Waals surface area contributed by atoms with Gasteiger partial charge in [0.05, 0.1) is 11.9 Å². The molecule has 0 unspecified atom stereocenters. The molecule has 1 N–H and O–H groups in total. The predicted molar refractivity (Wildman–Crippen MR) is 97.8 cm³/mol. The third kappa shape index (κ3) is 2.44. The van der Waals surface area contributed by atoms with Crippen LogP contribution >= 0.6 is 0 Å². The molecule has 0 radical (unpaired) electrons. The van der Waals surface area contributed by atoms with Crippen molar-refractivity contribution in [2.75, 3.05) is 38.1 Å². The zero-order chi connectivity index (χ0) is 16.8. The third-order valence-corrected chi connectivity index (χ3v) is 4.98. The second-order valence-electron chi connectivity index (χ2n) is 6.56. The van der Waals surface area contributed by atoms with E-state index in [0.29, 0.717) is 0 Å². The standard InChI is InChI=1S/C18H19N7/c1-23-4-6-24(7-5-23)14-9-15-16(11-20-18(15)19-10-14)13-2-3-25-17(8-13)21-12-22-25/h2-3,8-12H,4-7H2,1H3,(H,19,20). The van der Waals surface area contributed by atoms with Crippen LogP contribution in [0.1, 0.15) is 0 Å². The van der Waals surface area contributed by atoms with Gasteiger partial charge >= 0.3 is 0 Å². The quantitative estimate of drug-likeness (QED) is 0.608. The van der Waals surface area contributed by atoms with Gasteiger partial charge in [-0.05, 0) is 30.8 Å². The fraction of sp³-hybridized carbons (Fsp3) is 0.278. The molecule has 4 aromatic rings. The molecule has 4 aromatic heterocycles. The summed E-state index contributed by atoms with van der Waals surface area (Å²) in [6, 6.07) is 6.36. The minimum absolute atomic E-state index is 0.843. The third-order valence-electron chi connectivity index (χ3n) is 4.98. The van der Waals surface area contributed by atoms with Crippen LogP contribution in [0.3, 0.4) is 0 Å². The van der Waals surface area contributed by atoms with Crippen molar-refractivity contribution in [3.63, 3.8) is 0 Å². The summed E-state index contributed by atoms with van der Waals surface area (Å²) in [5.41, 5.74) is 5.20. The van der Waals surface area contributed by atoms with Crippen LogP contribution in [-0.4, -0.2) is 62.7 Å². The number of rotatable bonds is 2. The van der Waals surface area contributed by atoms with Crippen LogP contribution in [0.2, 0.25) is 0 Å². The fourth-order valence-corrected chi connectivity index (χ4v) is 3.45. The van der Waals surface area contributed by atoms with Gasteiger partial charge in [0.25, 0.3) is 0 Å². The first kappa shape index (κ1) is 14.4. The molecule has 5 rings (SSSR count). The number of fused-ring (bicyclic) bond motifs is 2. The van der Waals surface area contributed by atoms with E-state index in [1.165, 1.54) is 5.69 Å². The average Bonchev–Trinajstić information content (AvgIpc) is 3.27. The van der Waals surface area contributed by atoms with Gasteiger partial charge in [-0.2, -0.15) is 5.10 Å². The first-order valence-corrected chi connectivity index (χ1v) is 8.48. The van der Waals surface area contributed by atoms with Gasteiger partial charge in [-0.3, -0.25) is 0 Å². The van der Waals surface area contributed by atoms with E-state index in [1.54, 1.807) is 10.8 Å². The number of nitrogens with zero attached hydrogens (tertiary/aromatic N) is 6. The van der Waals surface area contributed by atoms with E-state index in [0.717, 1.165) is 54.0 Å². The highest BCUT2D eigenvalue weighted by atomic mass is 15.3. The van der Waals surface area contributed by atoms with Gasteiger partial charge in [0.1, 0.15) is 12.0 Å². The number of piperazine rings is 1. The maximum atomic E-state index is 4.63. The molecule has 0 saturated carbocycles. The summed E-state index contributed by atoms with van der Waals surface area (Å²) < 4.78 is 1.77. The topological polar surface area (TPSA) is 65.3 Å². The van der Waals surface area contributed by atoms with Crippen LogP contribution < -0.4 is 4.90 Å². The van der Waals surface area contributed by atoms with Gasteiger partial charge in [0.15, 0.2) is 5.65 Å². The Morgan fingerprint density at radius 2 is 1.96 bits per heavy atom. The molecular formula is C18H19N7. The van der Waals surface area contributed by atoms with E-state index in [4.69, 9.17) is 0 Å². The van der Waals surface area contributed by atoms with Crippen molar-refractivity contribution in [2.45, 2.75) is 0 Å². The van der Waals surface area contributed by atoms with Gasteiger partial charge in [-0.1, -0.05) is 0 Å². The lowest BCUT2D eigenvalue weighted by molar-refractivity contribution is 0.313. The number of nitrogens with one attached hydrogen (secondary N) is 1. The minimum atomic E-state index is 0.843. The zero-order valence-corrected chi connectivity index (χ0v) is 14.1. The van der Waals surface area contributed by atoms with Crippen molar-refractivity contribution < 1.29 is 0 Å². The molecule has 0 aromatic carbocycles. The summed E-state index contributed by atoms with van der Waals surface area (Å²) in [6.45, 7) is 4.24. The van der Waals surface area contributed by atoms with E-state index >= 15 is 0 Å². The predicted octanol–water partition coefficient (Wildman–Crippen LogP) is 2.02. The lowest BCUT2D eigenvalue weighted by Crippen LogP contribution is -2.44. The van der Waals surface area contributed by atoms with Crippen molar-refractivity contribution >= 4 is 22.4 Å². The van der Waals surface area contributed by atoms with Crippen LogP contribution in [0.5, 0.6) is 0 Å². The van der Waals surface area contributed by atoms with Gasteiger partial charge in [-0.15, -0.1) is 0 Å². The number of H-pyrrole nitrogens is 1. The highest BCUT2D eigenvalue weighted by Crippen LogP contribution is 2.31. The minimum Gasteiger partial charge on any atom is -0.368 e. The molecule has 0 aliphatic carbocycles. The summed E-state index contributed by atoms with van der Waals surface area (Å²) >= 11 is 0. The monoisotopic (exact) mass is 333 g/mol. The number of hydrogen-bond acceptors (Lipinski definition) is 5. The number of hydrogen-bond donors (Lipinski definition) is 1. The van der Waals surface area contributed by atoms with Crippen LogP contribution in [-0.2, 0) is 0 Å². The maximum absolute atomic E-state index is 4.63. The summed E-state index contributed by atoms with van der Waals surface area (Å²) in [6.07, 6.45) is 7.50. The number of pyridine rings is 2. The Labute approximate surface area is 144 Å². The molecule has 0 atom stereocenters. The summed E-state index contributed by atoms with van der Waals surface area (Å²) in [5, 5.41) is 5.30. The second kappa shape index (κ2) is 5.56. The number of aromatic amines is 1. The lowest BCUT2D eigenvalue weighted by atomic mass is 10.1. The Bertz CT molecular complexity index is 1040. The van der Waals surface area contributed by atoms with Crippen LogP contribution in [0, 0.1) is 0 Å². The number of aromatic nitrogens is 5. The molecule has 25 heavy (non-hydrogen) atoms. The Morgan fingerprint density at radius 3 is 2.84 bits per heavy atom. The average molecular weight is 333 g/mol. The first-order valence-electron chi connectivity index (χ1n) is 8.48. The number of anilines is 1. The Morgan fingerprint density at radius 1 is 1.08 bits per heavy atom. The molecule has 126 valence electrons. The lowest BCUT2D eigenvalue weighted by Gasteiger charge is -2.33. The Balaban J connectivity index is 1.57. The highest BCUT2D eigenvalue weighted by Gasteiger charge is 2.16. The second-order valence-corrected chi connectivity index (χ2v) is 6.56. The largest absolute Gasteiger partial charge is 0.368 e. The Hall–Kier alpha value is -2.93. The molecule has 0 amide bonds. The maximum Gasteiger partial charge on any atom is 0.155 e. The van der Waals surface area contributed by atoms with Crippen LogP contribution in [0.15, 0.2) is 43.1 Å². The van der Waals surface area contributed by atoms with E-state index in [-0.39, 0.29) is 0 Å². The number of likely N-dealkylation sites (N-methyl/N-ethyl adjacent to an activating group) is 1. The van der Waals surface area contributed by atoms with Gasteiger partial charge in [0.2, 0.25) is 0 Å². The van der Waals surface area contributed by atoms with Crippen molar-refractivity contribution in [1.29, 1.82) is 0 Å². The molecule has 1 aliphatic rings. The molecule has 1 fully saturated rings. The van der Waals surface area contributed by atoms with Crippen LogP contribution in [0.25, 0.3) is 27.8 Å². The van der Waals surface area contributed by atoms with Gasteiger partial charge in [-0.25, -0.2) is 14.5 Å². The van der Waals surface area contributed by atoms with Gasteiger partial charge in [0, 0.05) is 49.5 Å². The van der Waals surface area contributed by atoms with Crippen molar-refractivity contribution in [2.24, 2.45) is 0 Å². The normalized spacial score (nSPS) is 16.1. The molecule has 0 spiro atoms. The Kier molecular flexibility index (Phi) is 3.21. The summed E-state index contributed by atoms with van der Waals surface area (Å²) in [4.78, 5) is 17.0. The highest BCUT2D eigenvalue weighted by molar-refractivity contribution is 5.95. The molecule has 0 bridgehead atoms. The van der Waals surface area contributed by atoms with Crippen molar-refractivity contribution in [3.8, 4) is 11.1 Å². The van der Waals surface area contributed by atoms with Crippen LogP contribution in [0.4, 0.5) is 5.69 Å². The van der Waals surface area contributed by atoms with Gasteiger partial charge < -0.3 is 14.8 Å². The van der Waals surface area contributed by atoms with E-state index < -0.39 is 0 Å². The zero-order valence-electron chi connectivity index (χ0n) is 14.1. The molecule has 1 aliphatic heterocycles. The molecular weight excluding hydrogens is 314 g/mol. The van der Waals surface area contributed by atoms with Crippen molar-refractivity contribution in [1.82, 2.24) is 29.5 Å². The van der Waals surface area contributed by atoms with E-state index in [9.17, 15) is 0 Å². The first-order chi connectivity index (χ1) is 12.3. The summed E-state index contributed by atoms with van der Waals surface area (Å²) in [5.74, 6) is 0. The van der Waals surface area contributed by atoms with E-state index in [1.807, 2.05) is 18.6 Å². The smallest absolute Gasteiger partial charge is 0.155 e. The van der Waals surface area contributed by atoms with E-state index in [2.05, 4.69) is 55.1 Å².